The maximum absolute atomic E-state index is 13.5. The maximum Gasteiger partial charge on any atom is 0.410 e. The Bertz CT molecular complexity index is 816. The summed E-state index contributed by atoms with van der Waals surface area (Å²) in [4.78, 5) is 28.6. The van der Waals surface area contributed by atoms with E-state index >= 15 is 0 Å². The standard InChI is InChI=1S/C21H26BrF3N2O3/c1-13-11-27(18(29)30-19(2,3)4)16(14-5-7-15(22)8-6-14)12-26(13)17(28)20(9-10-20)21(23,24)25/h5-8,13,16H,9-12H2,1-4H3/t13-,16-/m1/s1. The molecule has 1 saturated heterocycles. The first-order chi connectivity index (χ1) is 13.7. The molecule has 30 heavy (non-hydrogen) atoms. The van der Waals surface area contributed by atoms with Gasteiger partial charge >= 0.3 is 12.3 Å². The van der Waals surface area contributed by atoms with Gasteiger partial charge in [0.05, 0.1) is 6.04 Å². The van der Waals surface area contributed by atoms with Crippen LogP contribution in [-0.2, 0) is 9.53 Å². The van der Waals surface area contributed by atoms with Crippen molar-refractivity contribution >= 4 is 27.9 Å². The largest absolute Gasteiger partial charge is 0.444 e. The number of carbonyl (C=O) groups is 2. The fourth-order valence-corrected chi connectivity index (χ4v) is 4.03. The molecule has 0 bridgehead atoms. The van der Waals surface area contributed by atoms with Gasteiger partial charge in [-0.1, -0.05) is 28.1 Å². The van der Waals surface area contributed by atoms with Crippen molar-refractivity contribution in [2.45, 2.75) is 64.4 Å². The lowest BCUT2D eigenvalue weighted by atomic mass is 9.96. The van der Waals surface area contributed by atoms with E-state index in [1.54, 1.807) is 52.0 Å². The van der Waals surface area contributed by atoms with E-state index in [2.05, 4.69) is 15.9 Å². The molecule has 2 fully saturated rings. The zero-order chi connectivity index (χ0) is 22.5. The molecule has 0 aromatic heterocycles. The quantitative estimate of drug-likeness (QED) is 0.564. The predicted molar refractivity (Wildman–Crippen MR) is 109 cm³/mol. The molecule has 1 aromatic carbocycles. The van der Waals surface area contributed by atoms with Crippen molar-refractivity contribution in [1.82, 2.24) is 9.80 Å². The molecule has 0 radical (unpaired) electrons. The first-order valence-electron chi connectivity index (χ1n) is 9.88. The predicted octanol–water partition coefficient (Wildman–Crippen LogP) is 5.30. The van der Waals surface area contributed by atoms with Gasteiger partial charge in [0.15, 0.2) is 0 Å². The number of rotatable bonds is 2. The van der Waals surface area contributed by atoms with Crippen LogP contribution in [0.3, 0.4) is 0 Å². The second-order valence-corrected chi connectivity index (χ2v) is 10.0. The monoisotopic (exact) mass is 490 g/mol. The van der Waals surface area contributed by atoms with Gasteiger partial charge in [-0.2, -0.15) is 13.2 Å². The van der Waals surface area contributed by atoms with Crippen LogP contribution in [0.15, 0.2) is 28.7 Å². The molecular formula is C21H26BrF3N2O3. The highest BCUT2D eigenvalue weighted by atomic mass is 79.9. The Morgan fingerprint density at radius 2 is 1.63 bits per heavy atom. The normalized spacial score (nSPS) is 23.9. The Kier molecular flexibility index (Phi) is 5.90. The number of alkyl halides is 3. The molecule has 2 aliphatic rings. The number of benzene rings is 1. The summed E-state index contributed by atoms with van der Waals surface area (Å²) < 4.78 is 47.0. The van der Waals surface area contributed by atoms with Crippen LogP contribution in [0.2, 0.25) is 0 Å². The Balaban J connectivity index is 1.92. The average molecular weight is 491 g/mol. The molecule has 0 unspecified atom stereocenters. The summed E-state index contributed by atoms with van der Waals surface area (Å²) in [5, 5.41) is 0. The summed E-state index contributed by atoms with van der Waals surface area (Å²) >= 11 is 3.36. The SMILES string of the molecule is C[C@@H]1CN(C(=O)OC(C)(C)C)[C@@H](c2ccc(Br)cc2)CN1C(=O)C1(C(F)(F)F)CC1. The van der Waals surface area contributed by atoms with E-state index in [0.717, 1.165) is 10.0 Å². The Labute approximate surface area is 182 Å². The lowest BCUT2D eigenvalue weighted by molar-refractivity contribution is -0.201. The Morgan fingerprint density at radius 1 is 1.07 bits per heavy atom. The van der Waals surface area contributed by atoms with Gasteiger partial charge in [-0.25, -0.2) is 4.79 Å². The Hall–Kier alpha value is -1.77. The minimum absolute atomic E-state index is 0.0152. The minimum atomic E-state index is -4.57. The molecule has 0 spiro atoms. The number of nitrogens with zero attached hydrogens (tertiary/aromatic N) is 2. The topological polar surface area (TPSA) is 49.9 Å². The van der Waals surface area contributed by atoms with Gasteiger partial charge in [0, 0.05) is 23.6 Å². The number of halogens is 4. The van der Waals surface area contributed by atoms with E-state index in [4.69, 9.17) is 4.74 Å². The molecule has 0 N–H and O–H groups in total. The second kappa shape index (κ2) is 7.73. The van der Waals surface area contributed by atoms with Crippen LogP contribution in [0.25, 0.3) is 0 Å². The second-order valence-electron chi connectivity index (χ2n) is 9.09. The molecule has 1 aliphatic heterocycles. The lowest BCUT2D eigenvalue weighted by Gasteiger charge is -2.46. The van der Waals surface area contributed by atoms with Crippen LogP contribution in [0, 0.1) is 5.41 Å². The fourth-order valence-electron chi connectivity index (χ4n) is 3.77. The third-order valence-electron chi connectivity index (χ3n) is 5.58. The van der Waals surface area contributed by atoms with E-state index in [-0.39, 0.29) is 25.9 Å². The third kappa shape index (κ3) is 4.45. The van der Waals surface area contributed by atoms with Crippen molar-refractivity contribution < 1.29 is 27.5 Å². The number of piperazine rings is 1. The fraction of sp³-hybridized carbons (Fsp3) is 0.619. The molecule has 9 heteroatoms. The van der Waals surface area contributed by atoms with Gasteiger partial charge < -0.3 is 9.64 Å². The molecule has 1 heterocycles. The number of hydrogen-bond donors (Lipinski definition) is 0. The van der Waals surface area contributed by atoms with E-state index in [1.807, 2.05) is 0 Å². The third-order valence-corrected chi connectivity index (χ3v) is 6.11. The van der Waals surface area contributed by atoms with E-state index < -0.39 is 41.3 Å². The molecule has 3 rings (SSSR count). The van der Waals surface area contributed by atoms with Crippen LogP contribution in [-0.4, -0.2) is 52.7 Å². The van der Waals surface area contributed by atoms with Gasteiger partial charge in [-0.3, -0.25) is 9.69 Å². The highest BCUT2D eigenvalue weighted by Crippen LogP contribution is 2.59. The van der Waals surface area contributed by atoms with Crippen LogP contribution >= 0.6 is 15.9 Å². The zero-order valence-electron chi connectivity index (χ0n) is 17.4. The van der Waals surface area contributed by atoms with E-state index in [0.29, 0.717) is 0 Å². The van der Waals surface area contributed by atoms with Gasteiger partial charge in [-0.15, -0.1) is 0 Å². The smallest absolute Gasteiger partial charge is 0.410 e. The van der Waals surface area contributed by atoms with E-state index in [1.165, 1.54) is 9.80 Å². The highest BCUT2D eigenvalue weighted by molar-refractivity contribution is 9.10. The molecule has 2 atom stereocenters. The zero-order valence-corrected chi connectivity index (χ0v) is 19.0. The first-order valence-corrected chi connectivity index (χ1v) is 10.7. The summed E-state index contributed by atoms with van der Waals surface area (Å²) in [6.07, 6.45) is -5.49. The Morgan fingerprint density at radius 3 is 2.10 bits per heavy atom. The van der Waals surface area contributed by atoms with Crippen molar-refractivity contribution in [3.05, 3.63) is 34.3 Å². The molecule has 166 valence electrons. The van der Waals surface area contributed by atoms with E-state index in [9.17, 15) is 22.8 Å². The minimum Gasteiger partial charge on any atom is -0.444 e. The molecule has 5 nitrogen and oxygen atoms in total. The number of hydrogen-bond acceptors (Lipinski definition) is 3. The molecule has 1 aliphatic carbocycles. The average Bonchev–Trinajstić information content (AvgIpc) is 3.42. The molecule has 2 amide bonds. The van der Waals surface area contributed by atoms with Crippen molar-refractivity contribution in [3.63, 3.8) is 0 Å². The van der Waals surface area contributed by atoms with Crippen LogP contribution < -0.4 is 0 Å². The summed E-state index contributed by atoms with van der Waals surface area (Å²) in [5.74, 6) is -0.895. The van der Waals surface area contributed by atoms with Crippen molar-refractivity contribution in [2.75, 3.05) is 13.1 Å². The lowest BCUT2D eigenvalue weighted by Crippen LogP contribution is -2.59. The number of amides is 2. The van der Waals surface area contributed by atoms with Crippen LogP contribution in [0.4, 0.5) is 18.0 Å². The number of ether oxygens (including phenoxy) is 1. The van der Waals surface area contributed by atoms with Gasteiger partial charge in [0.2, 0.25) is 5.91 Å². The summed E-state index contributed by atoms with van der Waals surface area (Å²) in [6.45, 7) is 7.00. The summed E-state index contributed by atoms with van der Waals surface area (Å²) in [5.41, 5.74) is -2.27. The van der Waals surface area contributed by atoms with Crippen LogP contribution in [0.1, 0.15) is 52.1 Å². The van der Waals surface area contributed by atoms with Crippen LogP contribution in [0.5, 0.6) is 0 Å². The summed E-state index contributed by atoms with van der Waals surface area (Å²) in [6, 6.07) is 6.02. The molecule has 1 saturated carbocycles. The van der Waals surface area contributed by atoms with Gasteiger partial charge in [-0.05, 0) is 58.2 Å². The van der Waals surface area contributed by atoms with Crippen molar-refractivity contribution in [2.24, 2.45) is 5.41 Å². The van der Waals surface area contributed by atoms with Gasteiger partial charge in [0.25, 0.3) is 0 Å². The van der Waals surface area contributed by atoms with Crippen molar-refractivity contribution in [3.8, 4) is 0 Å². The summed E-state index contributed by atoms with van der Waals surface area (Å²) in [7, 11) is 0. The first kappa shape index (κ1) is 22.9. The number of carbonyl (C=O) groups excluding carboxylic acids is 2. The molecular weight excluding hydrogens is 465 g/mol. The van der Waals surface area contributed by atoms with Gasteiger partial charge in [0.1, 0.15) is 11.0 Å². The highest BCUT2D eigenvalue weighted by Gasteiger charge is 2.70. The maximum atomic E-state index is 13.5. The molecule has 1 aromatic rings. The van der Waals surface area contributed by atoms with Crippen molar-refractivity contribution in [1.29, 1.82) is 0 Å².